The molecule has 0 atom stereocenters. The van der Waals surface area contributed by atoms with E-state index in [1.165, 1.54) is 19.2 Å². The number of carbonyl (C=O) groups is 3. The average molecular weight is 495 g/mol. The molecule has 0 heterocycles. The molecule has 0 unspecified atom stereocenters. The molecule has 0 fully saturated rings. The Morgan fingerprint density at radius 3 is 2.23 bits per heavy atom. The Morgan fingerprint density at radius 2 is 1.63 bits per heavy atom. The van der Waals surface area contributed by atoms with Crippen LogP contribution in [0, 0.1) is 0 Å². The molecule has 3 aromatic carbocycles. The van der Waals surface area contributed by atoms with Crippen molar-refractivity contribution in [3.63, 3.8) is 0 Å². The highest BCUT2D eigenvalue weighted by molar-refractivity contribution is 6.34. The summed E-state index contributed by atoms with van der Waals surface area (Å²) in [4.78, 5) is 35.8. The Labute approximate surface area is 206 Å². The molecule has 180 valence electrons. The van der Waals surface area contributed by atoms with Crippen LogP contribution >= 0.6 is 11.6 Å². The average Bonchev–Trinajstić information content (AvgIpc) is 3.17. The van der Waals surface area contributed by atoms with Crippen LogP contribution in [0.4, 0.5) is 10.5 Å². The fraction of sp³-hybridized carbons (Fsp3) is 0.192. The number of alkyl carbamates (subject to hydrolysis) is 1. The summed E-state index contributed by atoms with van der Waals surface area (Å²) in [6.07, 6.45) is -0.658. The predicted octanol–water partition coefficient (Wildman–Crippen LogP) is 4.91. The number of anilines is 1. The summed E-state index contributed by atoms with van der Waals surface area (Å²) in [6.45, 7) is 0.224. The first-order valence-electron chi connectivity index (χ1n) is 10.9. The lowest BCUT2D eigenvalue weighted by molar-refractivity contribution is -0.116. The zero-order valence-corrected chi connectivity index (χ0v) is 19.6. The lowest BCUT2D eigenvalue weighted by Crippen LogP contribution is -2.29. The predicted molar refractivity (Wildman–Crippen MR) is 131 cm³/mol. The number of amides is 2. The Bertz CT molecular complexity index is 1250. The van der Waals surface area contributed by atoms with Crippen molar-refractivity contribution in [1.82, 2.24) is 5.32 Å². The zero-order chi connectivity index (χ0) is 24.9. The third-order valence-electron chi connectivity index (χ3n) is 5.76. The Balaban J connectivity index is 1.28. The highest BCUT2D eigenvalue weighted by Gasteiger charge is 2.29. The number of ether oxygens (including phenoxy) is 2. The molecular formula is C26H23ClN2O6. The van der Waals surface area contributed by atoms with Gasteiger partial charge in [-0.15, -0.1) is 0 Å². The van der Waals surface area contributed by atoms with Gasteiger partial charge in [0.2, 0.25) is 5.91 Å². The van der Waals surface area contributed by atoms with Crippen molar-refractivity contribution in [2.75, 3.05) is 25.6 Å². The van der Waals surface area contributed by atoms with E-state index in [1.54, 1.807) is 0 Å². The fourth-order valence-electron chi connectivity index (χ4n) is 4.13. The van der Waals surface area contributed by atoms with Crippen LogP contribution in [0.5, 0.6) is 5.75 Å². The Kier molecular flexibility index (Phi) is 7.22. The zero-order valence-electron chi connectivity index (χ0n) is 18.8. The number of halogens is 1. The maximum Gasteiger partial charge on any atom is 0.407 e. The lowest BCUT2D eigenvalue weighted by atomic mass is 9.98. The van der Waals surface area contributed by atoms with Gasteiger partial charge < -0.3 is 25.2 Å². The van der Waals surface area contributed by atoms with Crippen molar-refractivity contribution in [1.29, 1.82) is 0 Å². The molecule has 3 N–H and O–H groups in total. The standard InChI is InChI=1S/C26H23ClN2O6/c1-34-23-13-22(21(27)12-19(23)25(31)32)29-24(30)10-11-28-26(33)35-14-20-17-8-4-2-6-15(17)16-7-3-5-9-18(16)20/h2-9,12-13,20H,10-11,14H2,1H3,(H,28,33)(H,29,30)(H,31,32). The first-order chi connectivity index (χ1) is 16.9. The van der Waals surface area contributed by atoms with Crippen molar-refractivity contribution in [2.45, 2.75) is 12.3 Å². The van der Waals surface area contributed by atoms with Crippen LogP contribution in [0.2, 0.25) is 5.02 Å². The Morgan fingerprint density at radius 1 is 1.00 bits per heavy atom. The summed E-state index contributed by atoms with van der Waals surface area (Å²) in [5, 5.41) is 14.4. The molecule has 3 aromatic rings. The number of benzene rings is 3. The molecular weight excluding hydrogens is 472 g/mol. The summed E-state index contributed by atoms with van der Waals surface area (Å²) >= 11 is 6.08. The fourth-order valence-corrected chi connectivity index (χ4v) is 4.34. The van der Waals surface area contributed by atoms with Crippen molar-refractivity contribution < 1.29 is 29.0 Å². The van der Waals surface area contributed by atoms with E-state index in [1.807, 2.05) is 36.4 Å². The third-order valence-corrected chi connectivity index (χ3v) is 6.07. The molecule has 4 rings (SSSR count). The molecule has 2 amide bonds. The minimum Gasteiger partial charge on any atom is -0.496 e. The van der Waals surface area contributed by atoms with Gasteiger partial charge in [-0.25, -0.2) is 9.59 Å². The molecule has 1 aliphatic rings. The van der Waals surface area contributed by atoms with Crippen molar-refractivity contribution in [3.05, 3.63) is 82.4 Å². The van der Waals surface area contributed by atoms with Crippen molar-refractivity contribution >= 4 is 35.3 Å². The smallest absolute Gasteiger partial charge is 0.407 e. The number of carbonyl (C=O) groups excluding carboxylic acids is 2. The van der Waals surface area contributed by atoms with Crippen LogP contribution in [0.25, 0.3) is 11.1 Å². The highest BCUT2D eigenvalue weighted by Crippen LogP contribution is 2.44. The molecule has 1 aliphatic carbocycles. The van der Waals surface area contributed by atoms with Gasteiger partial charge in [0.15, 0.2) is 0 Å². The van der Waals surface area contributed by atoms with E-state index in [2.05, 4.69) is 22.8 Å². The summed E-state index contributed by atoms with van der Waals surface area (Å²) in [7, 11) is 1.32. The maximum absolute atomic E-state index is 12.3. The van der Waals surface area contributed by atoms with Crippen LogP contribution in [0.15, 0.2) is 60.7 Å². The molecule has 0 aromatic heterocycles. The normalized spacial score (nSPS) is 11.8. The first-order valence-corrected chi connectivity index (χ1v) is 11.3. The van der Waals surface area contributed by atoms with Crippen LogP contribution in [-0.2, 0) is 9.53 Å². The minimum absolute atomic E-state index is 0.0382. The number of methoxy groups -OCH3 is 1. The largest absolute Gasteiger partial charge is 0.496 e. The quantitative estimate of drug-likeness (QED) is 0.410. The molecule has 35 heavy (non-hydrogen) atoms. The molecule has 0 aliphatic heterocycles. The second-order valence-electron chi connectivity index (χ2n) is 7.89. The van der Waals surface area contributed by atoms with Gasteiger partial charge in [-0.2, -0.15) is 0 Å². The van der Waals surface area contributed by atoms with Gasteiger partial charge in [0.25, 0.3) is 0 Å². The van der Waals surface area contributed by atoms with E-state index in [9.17, 15) is 19.5 Å². The number of nitrogens with one attached hydrogen (secondary N) is 2. The summed E-state index contributed by atoms with van der Waals surface area (Å²) in [5.74, 6) is -1.61. The third kappa shape index (κ3) is 5.22. The van der Waals surface area contributed by atoms with E-state index in [-0.39, 0.29) is 47.5 Å². The van der Waals surface area contributed by atoms with E-state index in [0.29, 0.717) is 0 Å². The number of hydrogen-bond acceptors (Lipinski definition) is 5. The van der Waals surface area contributed by atoms with E-state index in [0.717, 1.165) is 22.3 Å². The second kappa shape index (κ2) is 10.5. The number of fused-ring (bicyclic) bond motifs is 3. The topological polar surface area (TPSA) is 114 Å². The van der Waals surface area contributed by atoms with E-state index >= 15 is 0 Å². The summed E-state index contributed by atoms with van der Waals surface area (Å²) < 4.78 is 10.5. The lowest BCUT2D eigenvalue weighted by Gasteiger charge is -2.15. The van der Waals surface area contributed by atoms with Gasteiger partial charge in [0, 0.05) is 24.9 Å². The van der Waals surface area contributed by atoms with E-state index in [4.69, 9.17) is 21.1 Å². The first kappa shape index (κ1) is 24.1. The number of rotatable bonds is 8. The van der Waals surface area contributed by atoms with Crippen LogP contribution in [0.1, 0.15) is 33.8 Å². The summed E-state index contributed by atoms with van der Waals surface area (Å²) in [6, 6.07) is 18.6. The monoisotopic (exact) mass is 494 g/mol. The summed E-state index contributed by atoms with van der Waals surface area (Å²) in [5.41, 5.74) is 4.59. The van der Waals surface area contributed by atoms with Crippen molar-refractivity contribution in [3.8, 4) is 16.9 Å². The van der Waals surface area contributed by atoms with Crippen LogP contribution in [-0.4, -0.2) is 43.3 Å². The van der Waals surface area contributed by atoms with E-state index < -0.39 is 18.0 Å². The van der Waals surface area contributed by atoms with Gasteiger partial charge in [-0.1, -0.05) is 60.1 Å². The molecule has 8 nitrogen and oxygen atoms in total. The van der Waals surface area contributed by atoms with Gasteiger partial charge >= 0.3 is 12.1 Å². The Hall–Kier alpha value is -4.04. The molecule has 0 saturated carbocycles. The molecule has 0 radical (unpaired) electrons. The van der Waals surface area contributed by atoms with Crippen molar-refractivity contribution in [2.24, 2.45) is 0 Å². The molecule has 0 bridgehead atoms. The van der Waals surface area contributed by atoms with Gasteiger partial charge in [-0.3, -0.25) is 4.79 Å². The number of carboxylic acid groups (broad SMARTS) is 1. The van der Waals surface area contributed by atoms with Gasteiger partial charge in [-0.05, 0) is 28.3 Å². The number of carboxylic acids is 1. The molecule has 9 heteroatoms. The SMILES string of the molecule is COc1cc(NC(=O)CCNC(=O)OCC2c3ccccc3-c3ccccc32)c(Cl)cc1C(=O)O. The maximum atomic E-state index is 12.3. The number of aromatic carboxylic acids is 1. The van der Waals surface area contributed by atoms with Gasteiger partial charge in [0.1, 0.15) is 17.9 Å². The van der Waals surface area contributed by atoms with Crippen LogP contribution in [0.3, 0.4) is 0 Å². The molecule has 0 spiro atoms. The van der Waals surface area contributed by atoms with Crippen LogP contribution < -0.4 is 15.4 Å². The number of hydrogen-bond donors (Lipinski definition) is 3. The highest BCUT2D eigenvalue weighted by atomic mass is 35.5. The second-order valence-corrected chi connectivity index (χ2v) is 8.30. The van der Waals surface area contributed by atoms with Gasteiger partial charge in [0.05, 0.1) is 17.8 Å². The molecule has 0 saturated heterocycles. The minimum atomic E-state index is -1.20.